The van der Waals surface area contributed by atoms with E-state index in [2.05, 4.69) is 24.3 Å². The molecule has 0 aliphatic rings. The zero-order chi connectivity index (χ0) is 18.4. The van der Waals surface area contributed by atoms with Crippen molar-refractivity contribution < 1.29 is 12.6 Å². The Morgan fingerprint density at radius 2 is 1.35 bits per heavy atom. The van der Waals surface area contributed by atoms with Gasteiger partial charge < -0.3 is 0 Å². The smallest absolute Gasteiger partial charge is 0.264 e. The van der Waals surface area contributed by atoms with E-state index >= 15 is 0 Å². The van der Waals surface area contributed by atoms with Gasteiger partial charge in [0.1, 0.15) is 0 Å². The maximum Gasteiger partial charge on any atom is 0.264 e. The fourth-order valence-corrected chi connectivity index (χ4v) is 4.08. The molecule has 0 heterocycles. The predicted octanol–water partition coefficient (Wildman–Crippen LogP) is 5.04. The van der Waals surface area contributed by atoms with Crippen molar-refractivity contribution in [2.75, 3.05) is 6.26 Å². The Labute approximate surface area is 159 Å². The quantitative estimate of drug-likeness (QED) is 0.423. The molecule has 0 aliphatic heterocycles. The van der Waals surface area contributed by atoms with Crippen molar-refractivity contribution >= 4 is 21.9 Å². The highest BCUT2D eigenvalue weighted by Gasteiger charge is 2.16. The van der Waals surface area contributed by atoms with E-state index in [-0.39, 0.29) is 11.9 Å². The molecule has 5 heteroatoms. The van der Waals surface area contributed by atoms with Crippen LogP contribution in [0.4, 0.5) is 0 Å². The third-order valence-corrected chi connectivity index (χ3v) is 5.69. The lowest BCUT2D eigenvalue weighted by Gasteiger charge is -2.18. The van der Waals surface area contributed by atoms with Crippen molar-refractivity contribution in [2.24, 2.45) is 0 Å². The summed E-state index contributed by atoms with van der Waals surface area (Å²) in [6.45, 7) is 0.0565. The van der Waals surface area contributed by atoms with Crippen molar-refractivity contribution in [3.63, 3.8) is 0 Å². The van der Waals surface area contributed by atoms with Crippen LogP contribution < -0.4 is 0 Å². The van der Waals surface area contributed by atoms with Crippen LogP contribution in [-0.4, -0.2) is 14.7 Å². The van der Waals surface area contributed by atoms with Gasteiger partial charge >= 0.3 is 0 Å². The molecule has 3 nitrogen and oxygen atoms in total. The third kappa shape index (κ3) is 5.46. The molecule has 3 aromatic carbocycles. The standard InChI is InChI=1S/C21H20O3S2/c1-26(22,23)24-16-17-12-14-19(15-13-17)21(18-8-4-2-5-9-18)25-20-10-6-3-7-11-20/h2-15,21H,16H2,1H3. The van der Waals surface area contributed by atoms with Crippen molar-refractivity contribution in [3.05, 3.63) is 102 Å². The first-order valence-corrected chi connectivity index (χ1v) is 10.9. The number of benzene rings is 3. The van der Waals surface area contributed by atoms with Gasteiger partial charge in [-0.2, -0.15) is 8.42 Å². The van der Waals surface area contributed by atoms with E-state index in [1.165, 1.54) is 10.5 Å². The van der Waals surface area contributed by atoms with Gasteiger partial charge in [0.05, 0.1) is 18.1 Å². The largest absolute Gasteiger partial charge is 0.265 e. The van der Waals surface area contributed by atoms with Gasteiger partial charge in [0.15, 0.2) is 0 Å². The summed E-state index contributed by atoms with van der Waals surface area (Å²) in [5.41, 5.74) is 3.21. The minimum Gasteiger partial charge on any atom is -0.265 e. The van der Waals surface area contributed by atoms with E-state index in [4.69, 9.17) is 4.18 Å². The van der Waals surface area contributed by atoms with E-state index in [1.807, 2.05) is 60.7 Å². The predicted molar refractivity (Wildman–Crippen MR) is 107 cm³/mol. The van der Waals surface area contributed by atoms with Crippen LogP contribution in [0.1, 0.15) is 21.9 Å². The topological polar surface area (TPSA) is 43.4 Å². The lowest BCUT2D eigenvalue weighted by molar-refractivity contribution is 0.311. The lowest BCUT2D eigenvalue weighted by atomic mass is 10.0. The third-order valence-electron chi connectivity index (χ3n) is 3.82. The van der Waals surface area contributed by atoms with Crippen LogP contribution in [0.15, 0.2) is 89.8 Å². The molecule has 0 spiro atoms. The SMILES string of the molecule is CS(=O)(=O)OCc1ccc(C(Sc2ccccc2)c2ccccc2)cc1. The molecule has 0 amide bonds. The maximum absolute atomic E-state index is 11.1. The van der Waals surface area contributed by atoms with Crippen LogP contribution in [0.2, 0.25) is 0 Å². The molecular formula is C21H20O3S2. The van der Waals surface area contributed by atoms with E-state index in [0.29, 0.717) is 0 Å². The van der Waals surface area contributed by atoms with Gasteiger partial charge in [-0.1, -0.05) is 72.8 Å². The normalized spacial score (nSPS) is 12.7. The number of hydrogen-bond acceptors (Lipinski definition) is 4. The molecule has 134 valence electrons. The Balaban J connectivity index is 1.84. The molecule has 0 aromatic heterocycles. The summed E-state index contributed by atoms with van der Waals surface area (Å²) in [5, 5.41) is 0.156. The summed E-state index contributed by atoms with van der Waals surface area (Å²) in [6, 6.07) is 28.6. The van der Waals surface area contributed by atoms with Gasteiger partial charge in [-0.3, -0.25) is 4.18 Å². The Morgan fingerprint density at radius 1 is 0.808 bits per heavy atom. The lowest BCUT2D eigenvalue weighted by Crippen LogP contribution is -2.03. The summed E-state index contributed by atoms with van der Waals surface area (Å²) in [6.07, 6.45) is 1.06. The van der Waals surface area contributed by atoms with Crippen molar-refractivity contribution in [1.29, 1.82) is 0 Å². The minimum atomic E-state index is -3.44. The first kappa shape index (κ1) is 18.7. The first-order valence-electron chi connectivity index (χ1n) is 8.21. The maximum atomic E-state index is 11.1. The van der Waals surface area contributed by atoms with E-state index < -0.39 is 10.1 Å². The highest BCUT2D eigenvalue weighted by molar-refractivity contribution is 7.99. The molecule has 0 saturated carbocycles. The molecule has 0 N–H and O–H groups in total. The number of hydrogen-bond donors (Lipinski definition) is 0. The molecule has 0 fully saturated rings. The van der Waals surface area contributed by atoms with Crippen molar-refractivity contribution in [3.8, 4) is 0 Å². The zero-order valence-electron chi connectivity index (χ0n) is 14.4. The Morgan fingerprint density at radius 3 is 1.92 bits per heavy atom. The zero-order valence-corrected chi connectivity index (χ0v) is 16.0. The molecular weight excluding hydrogens is 364 g/mol. The summed E-state index contributed by atoms with van der Waals surface area (Å²) in [4.78, 5) is 1.20. The summed E-state index contributed by atoms with van der Waals surface area (Å²) < 4.78 is 27.1. The average Bonchev–Trinajstić information content (AvgIpc) is 2.66. The molecule has 0 radical (unpaired) electrons. The van der Waals surface area contributed by atoms with Crippen LogP contribution in [-0.2, 0) is 20.9 Å². The van der Waals surface area contributed by atoms with E-state index in [9.17, 15) is 8.42 Å². The second kappa shape index (κ2) is 8.54. The molecule has 1 atom stereocenters. The Bertz CT molecular complexity index is 922. The highest BCUT2D eigenvalue weighted by Crippen LogP contribution is 2.40. The van der Waals surface area contributed by atoms with Crippen LogP contribution in [0, 0.1) is 0 Å². The van der Waals surface area contributed by atoms with Crippen molar-refractivity contribution in [2.45, 2.75) is 16.8 Å². The van der Waals surface area contributed by atoms with Crippen molar-refractivity contribution in [1.82, 2.24) is 0 Å². The molecule has 3 aromatic rings. The summed E-state index contributed by atoms with van der Waals surface area (Å²) >= 11 is 1.79. The molecule has 1 unspecified atom stereocenters. The van der Waals surface area contributed by atoms with Gasteiger partial charge in [0.2, 0.25) is 0 Å². The Kier molecular flexibility index (Phi) is 6.14. The second-order valence-electron chi connectivity index (χ2n) is 5.93. The van der Waals surface area contributed by atoms with Crippen LogP contribution >= 0.6 is 11.8 Å². The van der Waals surface area contributed by atoms with Gasteiger partial charge in [0, 0.05) is 4.90 Å². The van der Waals surface area contributed by atoms with E-state index in [1.54, 1.807) is 11.8 Å². The molecule has 0 aliphatic carbocycles. The van der Waals surface area contributed by atoms with Crippen LogP contribution in [0.3, 0.4) is 0 Å². The van der Waals surface area contributed by atoms with Gasteiger partial charge in [-0.05, 0) is 28.8 Å². The van der Waals surface area contributed by atoms with Gasteiger partial charge in [0.25, 0.3) is 10.1 Å². The summed E-state index contributed by atoms with van der Waals surface area (Å²) in [5.74, 6) is 0. The molecule has 26 heavy (non-hydrogen) atoms. The fourth-order valence-electron chi connectivity index (χ4n) is 2.56. The van der Waals surface area contributed by atoms with Gasteiger partial charge in [-0.15, -0.1) is 11.8 Å². The average molecular weight is 385 g/mol. The fraction of sp³-hybridized carbons (Fsp3) is 0.143. The van der Waals surface area contributed by atoms with Gasteiger partial charge in [-0.25, -0.2) is 0 Å². The van der Waals surface area contributed by atoms with Crippen LogP contribution in [0.25, 0.3) is 0 Å². The monoisotopic (exact) mass is 384 g/mol. The minimum absolute atomic E-state index is 0.0565. The second-order valence-corrected chi connectivity index (χ2v) is 8.75. The number of thioether (sulfide) groups is 1. The highest BCUT2D eigenvalue weighted by atomic mass is 32.2. The van der Waals surface area contributed by atoms with Crippen LogP contribution in [0.5, 0.6) is 0 Å². The van der Waals surface area contributed by atoms with E-state index in [0.717, 1.165) is 17.4 Å². The molecule has 0 bridgehead atoms. The Hall–Kier alpha value is -2.08. The molecule has 0 saturated heterocycles. The molecule has 3 rings (SSSR count). The first-order chi connectivity index (χ1) is 12.5. The number of rotatable bonds is 7. The summed E-state index contributed by atoms with van der Waals surface area (Å²) in [7, 11) is -3.44.